The molecule has 1 saturated heterocycles. The van der Waals surface area contributed by atoms with Gasteiger partial charge in [0.2, 0.25) is 0 Å². The Bertz CT molecular complexity index is 716. The van der Waals surface area contributed by atoms with Crippen molar-refractivity contribution in [1.29, 1.82) is 0 Å². The lowest BCUT2D eigenvalue weighted by Crippen LogP contribution is -2.45. The summed E-state index contributed by atoms with van der Waals surface area (Å²) in [5, 5.41) is 3.40. The summed E-state index contributed by atoms with van der Waals surface area (Å²) in [7, 11) is 0. The van der Waals surface area contributed by atoms with Crippen LogP contribution in [-0.2, 0) is 6.42 Å². The molecule has 1 fully saturated rings. The van der Waals surface area contributed by atoms with E-state index in [2.05, 4.69) is 32.1 Å². The molecule has 2 aromatic rings. The molecule has 0 aromatic carbocycles. The molecule has 3 heterocycles. The van der Waals surface area contributed by atoms with Gasteiger partial charge in [-0.15, -0.1) is 0 Å². The number of aromatic nitrogens is 3. The summed E-state index contributed by atoms with van der Waals surface area (Å²) in [6, 6.07) is 5.54. The summed E-state index contributed by atoms with van der Waals surface area (Å²) in [6.45, 7) is 3.78. The van der Waals surface area contributed by atoms with Gasteiger partial charge in [0.1, 0.15) is 17.8 Å². The molecule has 1 N–H and O–H groups in total. The van der Waals surface area contributed by atoms with Crippen LogP contribution in [0.25, 0.3) is 0 Å². The summed E-state index contributed by atoms with van der Waals surface area (Å²) in [5.74, 6) is 0.744. The molecule has 0 spiro atoms. The maximum Gasteiger partial charge on any atom is 0.271 e. The number of anilines is 1. The monoisotopic (exact) mass is 345 g/mol. The number of carbonyl (C=O) groups is 1. The molecule has 0 atom stereocenters. The van der Waals surface area contributed by atoms with Gasteiger partial charge in [-0.05, 0) is 31.4 Å². The van der Waals surface area contributed by atoms with Gasteiger partial charge in [0.15, 0.2) is 0 Å². The SMILES string of the molecule is CCc1cc(N2CCC(NC(=O)c3ncccc3Cl)CC2)ncn1. The van der Waals surface area contributed by atoms with Crippen LogP contribution < -0.4 is 10.2 Å². The van der Waals surface area contributed by atoms with Crippen LogP contribution >= 0.6 is 11.6 Å². The Labute approximate surface area is 146 Å². The molecule has 1 aliphatic rings. The van der Waals surface area contributed by atoms with Crippen LogP contribution in [0, 0.1) is 0 Å². The fourth-order valence-corrected chi connectivity index (χ4v) is 3.02. The Balaban J connectivity index is 1.57. The third-order valence-corrected chi connectivity index (χ3v) is 4.50. The first kappa shape index (κ1) is 16.6. The first-order valence-electron chi connectivity index (χ1n) is 8.14. The molecule has 2 aromatic heterocycles. The molecule has 24 heavy (non-hydrogen) atoms. The maximum absolute atomic E-state index is 12.3. The van der Waals surface area contributed by atoms with Crippen molar-refractivity contribution in [3.63, 3.8) is 0 Å². The molecule has 0 saturated carbocycles. The summed E-state index contributed by atoms with van der Waals surface area (Å²) >= 11 is 6.02. The van der Waals surface area contributed by atoms with E-state index in [1.165, 1.54) is 0 Å². The van der Waals surface area contributed by atoms with E-state index >= 15 is 0 Å². The number of nitrogens with one attached hydrogen (secondary N) is 1. The van der Waals surface area contributed by atoms with Gasteiger partial charge in [-0.25, -0.2) is 15.0 Å². The van der Waals surface area contributed by atoms with Crippen LogP contribution in [0.5, 0.6) is 0 Å². The average molecular weight is 346 g/mol. The molecular formula is C17H20ClN5O. The van der Waals surface area contributed by atoms with E-state index in [1.807, 2.05) is 6.07 Å². The quantitative estimate of drug-likeness (QED) is 0.921. The predicted molar refractivity (Wildman–Crippen MR) is 93.4 cm³/mol. The highest BCUT2D eigenvalue weighted by atomic mass is 35.5. The zero-order chi connectivity index (χ0) is 16.9. The average Bonchev–Trinajstić information content (AvgIpc) is 2.62. The number of piperidine rings is 1. The van der Waals surface area contributed by atoms with Crippen molar-refractivity contribution in [2.45, 2.75) is 32.2 Å². The van der Waals surface area contributed by atoms with Crippen LogP contribution in [-0.4, -0.2) is 40.0 Å². The minimum Gasteiger partial charge on any atom is -0.356 e. The molecule has 0 unspecified atom stereocenters. The van der Waals surface area contributed by atoms with Gasteiger partial charge in [-0.2, -0.15) is 0 Å². The smallest absolute Gasteiger partial charge is 0.271 e. The fraction of sp³-hybridized carbons (Fsp3) is 0.412. The van der Waals surface area contributed by atoms with E-state index in [0.29, 0.717) is 5.02 Å². The van der Waals surface area contributed by atoms with E-state index in [0.717, 1.165) is 43.9 Å². The standard InChI is InChI=1S/C17H20ClN5O/c1-2-12-10-15(21-11-20-12)23-8-5-13(6-9-23)22-17(24)16-14(18)4-3-7-19-16/h3-4,7,10-11,13H,2,5-6,8-9H2,1H3,(H,22,24). The Morgan fingerprint density at radius 1 is 1.33 bits per heavy atom. The number of amides is 1. The predicted octanol–water partition coefficient (Wildman–Crippen LogP) is 2.49. The summed E-state index contributed by atoms with van der Waals surface area (Å²) in [6.07, 6.45) is 5.81. The van der Waals surface area contributed by atoms with E-state index in [9.17, 15) is 4.79 Å². The Kier molecular flexibility index (Phi) is 5.25. The van der Waals surface area contributed by atoms with Gasteiger partial charge >= 0.3 is 0 Å². The van der Waals surface area contributed by atoms with Gasteiger partial charge in [0.05, 0.1) is 5.02 Å². The molecule has 1 aliphatic heterocycles. The van der Waals surface area contributed by atoms with E-state index in [1.54, 1.807) is 24.7 Å². The Hall–Kier alpha value is -2.21. The van der Waals surface area contributed by atoms with Crippen molar-refractivity contribution in [2.75, 3.05) is 18.0 Å². The molecule has 0 bridgehead atoms. The van der Waals surface area contributed by atoms with Crippen LogP contribution in [0.4, 0.5) is 5.82 Å². The van der Waals surface area contributed by atoms with Crippen LogP contribution in [0.1, 0.15) is 35.9 Å². The van der Waals surface area contributed by atoms with Gasteiger partial charge in [-0.1, -0.05) is 18.5 Å². The minimum atomic E-state index is -0.214. The highest BCUT2D eigenvalue weighted by molar-refractivity contribution is 6.33. The number of hydrogen-bond acceptors (Lipinski definition) is 5. The lowest BCUT2D eigenvalue weighted by atomic mass is 10.0. The third kappa shape index (κ3) is 3.82. The third-order valence-electron chi connectivity index (χ3n) is 4.20. The second-order valence-electron chi connectivity index (χ2n) is 5.79. The van der Waals surface area contributed by atoms with Crippen LogP contribution in [0.15, 0.2) is 30.7 Å². The van der Waals surface area contributed by atoms with Crippen molar-refractivity contribution in [3.8, 4) is 0 Å². The normalized spacial score (nSPS) is 15.3. The van der Waals surface area contributed by atoms with Crippen LogP contribution in [0.3, 0.4) is 0 Å². The van der Waals surface area contributed by atoms with Crippen molar-refractivity contribution >= 4 is 23.3 Å². The molecular weight excluding hydrogens is 326 g/mol. The summed E-state index contributed by atoms with van der Waals surface area (Å²) in [4.78, 5) is 27.2. The summed E-state index contributed by atoms with van der Waals surface area (Å²) < 4.78 is 0. The Morgan fingerprint density at radius 3 is 2.83 bits per heavy atom. The molecule has 7 heteroatoms. The second kappa shape index (κ2) is 7.57. The zero-order valence-corrected chi connectivity index (χ0v) is 14.3. The lowest BCUT2D eigenvalue weighted by Gasteiger charge is -2.33. The zero-order valence-electron chi connectivity index (χ0n) is 13.6. The molecule has 6 nitrogen and oxygen atoms in total. The minimum absolute atomic E-state index is 0.124. The van der Waals surface area contributed by atoms with Gasteiger partial charge < -0.3 is 10.2 Å². The molecule has 0 radical (unpaired) electrons. The largest absolute Gasteiger partial charge is 0.356 e. The van der Waals surface area contributed by atoms with Gasteiger partial charge in [0, 0.05) is 37.1 Å². The van der Waals surface area contributed by atoms with E-state index in [-0.39, 0.29) is 17.6 Å². The second-order valence-corrected chi connectivity index (χ2v) is 6.20. The highest BCUT2D eigenvalue weighted by Crippen LogP contribution is 2.19. The first-order chi connectivity index (χ1) is 11.7. The van der Waals surface area contributed by atoms with Crippen molar-refractivity contribution in [1.82, 2.24) is 20.3 Å². The van der Waals surface area contributed by atoms with Gasteiger partial charge in [0.25, 0.3) is 5.91 Å². The van der Waals surface area contributed by atoms with Crippen molar-refractivity contribution in [3.05, 3.63) is 47.1 Å². The number of aryl methyl sites for hydroxylation is 1. The van der Waals surface area contributed by atoms with E-state index in [4.69, 9.17) is 11.6 Å². The number of hydrogen-bond donors (Lipinski definition) is 1. The number of pyridine rings is 1. The number of nitrogens with zero attached hydrogens (tertiary/aromatic N) is 4. The summed E-state index contributed by atoms with van der Waals surface area (Å²) in [5.41, 5.74) is 1.32. The topological polar surface area (TPSA) is 71.0 Å². The molecule has 126 valence electrons. The van der Waals surface area contributed by atoms with Crippen LogP contribution in [0.2, 0.25) is 5.02 Å². The number of rotatable bonds is 4. The molecule has 3 rings (SSSR count). The lowest BCUT2D eigenvalue weighted by molar-refractivity contribution is 0.0926. The van der Waals surface area contributed by atoms with Gasteiger partial charge in [-0.3, -0.25) is 4.79 Å². The number of carbonyl (C=O) groups excluding carboxylic acids is 1. The molecule has 1 amide bonds. The maximum atomic E-state index is 12.3. The highest BCUT2D eigenvalue weighted by Gasteiger charge is 2.23. The first-order valence-corrected chi connectivity index (χ1v) is 8.52. The molecule has 0 aliphatic carbocycles. The fourth-order valence-electron chi connectivity index (χ4n) is 2.81. The van der Waals surface area contributed by atoms with Crippen molar-refractivity contribution in [2.24, 2.45) is 0 Å². The van der Waals surface area contributed by atoms with E-state index < -0.39 is 0 Å². The number of halogens is 1. The Morgan fingerprint density at radius 2 is 2.12 bits per heavy atom. The van der Waals surface area contributed by atoms with Crippen molar-refractivity contribution < 1.29 is 4.79 Å².